The zero-order valence-electron chi connectivity index (χ0n) is 12.7. The molecule has 0 atom stereocenters. The van der Waals surface area contributed by atoms with Crippen molar-refractivity contribution in [3.63, 3.8) is 0 Å². The Kier molecular flexibility index (Phi) is 4.46. The molecule has 0 radical (unpaired) electrons. The second-order valence-corrected chi connectivity index (χ2v) is 5.15. The van der Waals surface area contributed by atoms with Crippen LogP contribution in [0.5, 0.6) is 0 Å². The number of benzene rings is 2. The largest absolute Gasteiger partial charge is 0.416 e. The first kappa shape index (κ1) is 16.6. The fourth-order valence-electron chi connectivity index (χ4n) is 2.14. The van der Waals surface area contributed by atoms with Crippen LogP contribution in [0.15, 0.2) is 53.6 Å². The molecule has 1 aromatic heterocycles. The van der Waals surface area contributed by atoms with Crippen LogP contribution < -0.4 is 5.43 Å². The van der Waals surface area contributed by atoms with E-state index in [1.807, 2.05) is 12.1 Å². The lowest BCUT2D eigenvalue weighted by Gasteiger charge is -2.05. The maximum Gasteiger partial charge on any atom is 0.416 e. The summed E-state index contributed by atoms with van der Waals surface area (Å²) in [4.78, 5) is 11.9. The van der Waals surface area contributed by atoms with Crippen LogP contribution in [-0.2, 0) is 17.5 Å². The summed E-state index contributed by atoms with van der Waals surface area (Å²) in [5.74, 6) is -0.432. The zero-order valence-corrected chi connectivity index (χ0v) is 12.7. The van der Waals surface area contributed by atoms with Gasteiger partial charge in [0.1, 0.15) is 12.1 Å². The Morgan fingerprint density at radius 3 is 2.60 bits per heavy atom. The lowest BCUT2D eigenvalue weighted by Crippen LogP contribution is -2.23. The summed E-state index contributed by atoms with van der Waals surface area (Å²) >= 11 is 0. The van der Waals surface area contributed by atoms with Crippen LogP contribution in [0.3, 0.4) is 0 Å². The number of halogens is 3. The van der Waals surface area contributed by atoms with Gasteiger partial charge in [-0.1, -0.05) is 29.5 Å². The van der Waals surface area contributed by atoms with E-state index in [-0.39, 0.29) is 6.54 Å². The van der Waals surface area contributed by atoms with Crippen molar-refractivity contribution in [1.82, 2.24) is 20.4 Å². The Morgan fingerprint density at radius 1 is 1.16 bits per heavy atom. The quantitative estimate of drug-likeness (QED) is 0.582. The number of carbonyl (C=O) groups excluding carboxylic acids is 1. The number of fused-ring (bicyclic) bond motifs is 1. The average Bonchev–Trinajstić information content (AvgIpc) is 2.98. The molecule has 0 saturated carbocycles. The number of hydrogen-bond donors (Lipinski definition) is 1. The van der Waals surface area contributed by atoms with Gasteiger partial charge in [-0.25, -0.2) is 10.1 Å². The Hall–Kier alpha value is -3.23. The van der Waals surface area contributed by atoms with Gasteiger partial charge in [0.15, 0.2) is 0 Å². The molecule has 0 fully saturated rings. The maximum absolute atomic E-state index is 12.5. The first-order chi connectivity index (χ1) is 11.9. The smallest absolute Gasteiger partial charge is 0.271 e. The second-order valence-electron chi connectivity index (χ2n) is 5.15. The third-order valence-electron chi connectivity index (χ3n) is 3.35. The Labute approximate surface area is 139 Å². The number of amides is 1. The van der Waals surface area contributed by atoms with E-state index >= 15 is 0 Å². The first-order valence-corrected chi connectivity index (χ1v) is 7.21. The summed E-state index contributed by atoms with van der Waals surface area (Å²) in [5.41, 5.74) is 3.37. The Bertz CT molecular complexity index is 915. The summed E-state index contributed by atoms with van der Waals surface area (Å²) in [6.45, 7) is -0.0785. The van der Waals surface area contributed by atoms with E-state index in [9.17, 15) is 18.0 Å². The third-order valence-corrected chi connectivity index (χ3v) is 3.35. The van der Waals surface area contributed by atoms with E-state index < -0.39 is 17.6 Å². The van der Waals surface area contributed by atoms with Crippen molar-refractivity contribution in [2.75, 3.05) is 0 Å². The first-order valence-electron chi connectivity index (χ1n) is 7.21. The van der Waals surface area contributed by atoms with Crippen LogP contribution in [0, 0.1) is 0 Å². The van der Waals surface area contributed by atoms with Crippen molar-refractivity contribution in [2.24, 2.45) is 5.10 Å². The van der Waals surface area contributed by atoms with Crippen LogP contribution in [0.4, 0.5) is 13.2 Å². The highest BCUT2D eigenvalue weighted by atomic mass is 19.4. The molecule has 6 nitrogen and oxygen atoms in total. The molecule has 0 aliphatic carbocycles. The highest BCUT2D eigenvalue weighted by Crippen LogP contribution is 2.28. The molecule has 0 bridgehead atoms. The van der Waals surface area contributed by atoms with Crippen molar-refractivity contribution in [3.8, 4) is 0 Å². The topological polar surface area (TPSA) is 72.2 Å². The number of alkyl halides is 3. The van der Waals surface area contributed by atoms with E-state index in [0.29, 0.717) is 16.6 Å². The van der Waals surface area contributed by atoms with Crippen LogP contribution in [0.1, 0.15) is 11.1 Å². The van der Waals surface area contributed by atoms with E-state index in [0.717, 1.165) is 12.1 Å². The maximum atomic E-state index is 12.5. The van der Waals surface area contributed by atoms with Gasteiger partial charge in [-0.2, -0.15) is 18.3 Å². The molecule has 25 heavy (non-hydrogen) atoms. The highest BCUT2D eigenvalue weighted by Gasteiger charge is 2.29. The molecule has 3 aromatic rings. The number of hydrogen-bond acceptors (Lipinski definition) is 4. The van der Waals surface area contributed by atoms with Gasteiger partial charge in [0.25, 0.3) is 5.91 Å². The van der Waals surface area contributed by atoms with Gasteiger partial charge in [0.2, 0.25) is 0 Å². The second kappa shape index (κ2) is 6.71. The van der Waals surface area contributed by atoms with Gasteiger partial charge in [-0.3, -0.25) is 4.79 Å². The molecule has 1 amide bonds. The Balaban J connectivity index is 1.59. The fraction of sp³-hybridized carbons (Fsp3) is 0.125. The SMILES string of the molecule is O=C(Cn1nnc2ccccc21)NN=Cc1ccc(C(F)(F)F)cc1. The number of nitrogens with zero attached hydrogens (tertiary/aromatic N) is 4. The molecular weight excluding hydrogens is 335 g/mol. The van der Waals surface area contributed by atoms with Crippen molar-refractivity contribution >= 4 is 23.2 Å². The number of carbonyl (C=O) groups is 1. The Morgan fingerprint density at radius 2 is 1.88 bits per heavy atom. The van der Waals surface area contributed by atoms with E-state index in [1.54, 1.807) is 12.1 Å². The van der Waals surface area contributed by atoms with Gasteiger partial charge in [-0.15, -0.1) is 5.10 Å². The van der Waals surface area contributed by atoms with Crippen LogP contribution in [-0.4, -0.2) is 27.1 Å². The summed E-state index contributed by atoms with van der Waals surface area (Å²) in [5, 5.41) is 11.5. The minimum Gasteiger partial charge on any atom is -0.271 e. The molecule has 0 aliphatic rings. The molecule has 0 unspecified atom stereocenters. The molecule has 0 spiro atoms. The number of para-hydroxylation sites is 1. The predicted molar refractivity (Wildman–Crippen MR) is 84.7 cm³/mol. The lowest BCUT2D eigenvalue weighted by molar-refractivity contribution is -0.137. The molecule has 2 aromatic carbocycles. The molecule has 3 rings (SSSR count). The molecule has 9 heteroatoms. The number of aromatic nitrogens is 3. The summed E-state index contributed by atoms with van der Waals surface area (Å²) in [7, 11) is 0. The van der Waals surface area contributed by atoms with Gasteiger partial charge in [-0.05, 0) is 29.8 Å². The van der Waals surface area contributed by atoms with Crippen molar-refractivity contribution in [1.29, 1.82) is 0 Å². The minimum absolute atomic E-state index is 0.0785. The molecule has 0 saturated heterocycles. The minimum atomic E-state index is -4.38. The van der Waals surface area contributed by atoms with Gasteiger partial charge in [0.05, 0.1) is 17.3 Å². The number of nitrogens with one attached hydrogen (secondary N) is 1. The molecule has 128 valence electrons. The molecule has 0 aliphatic heterocycles. The van der Waals surface area contributed by atoms with E-state index in [2.05, 4.69) is 20.8 Å². The van der Waals surface area contributed by atoms with E-state index in [1.165, 1.54) is 23.0 Å². The predicted octanol–water partition coefficient (Wildman–Crippen LogP) is 2.60. The zero-order chi connectivity index (χ0) is 17.9. The summed E-state index contributed by atoms with van der Waals surface area (Å²) < 4.78 is 38.8. The molecule has 1 N–H and O–H groups in total. The van der Waals surface area contributed by atoms with Crippen LogP contribution in [0.2, 0.25) is 0 Å². The highest BCUT2D eigenvalue weighted by molar-refractivity contribution is 5.83. The van der Waals surface area contributed by atoms with Gasteiger partial charge < -0.3 is 0 Å². The van der Waals surface area contributed by atoms with Crippen molar-refractivity contribution < 1.29 is 18.0 Å². The van der Waals surface area contributed by atoms with Gasteiger partial charge >= 0.3 is 6.18 Å². The van der Waals surface area contributed by atoms with Crippen LogP contribution >= 0.6 is 0 Å². The van der Waals surface area contributed by atoms with Crippen molar-refractivity contribution in [2.45, 2.75) is 12.7 Å². The standard InChI is InChI=1S/C16H12F3N5O/c17-16(18,19)12-7-5-11(6-8-12)9-20-22-15(25)10-24-14-4-2-1-3-13(14)21-23-24/h1-9H,10H2,(H,22,25). The number of rotatable bonds is 4. The van der Waals surface area contributed by atoms with Gasteiger partial charge in [0, 0.05) is 0 Å². The summed E-state index contributed by atoms with van der Waals surface area (Å²) in [6.07, 6.45) is -3.12. The van der Waals surface area contributed by atoms with Crippen LogP contribution in [0.25, 0.3) is 11.0 Å². The fourth-order valence-corrected chi connectivity index (χ4v) is 2.14. The monoisotopic (exact) mass is 347 g/mol. The average molecular weight is 347 g/mol. The van der Waals surface area contributed by atoms with E-state index in [4.69, 9.17) is 0 Å². The third kappa shape index (κ3) is 4.00. The lowest BCUT2D eigenvalue weighted by atomic mass is 10.1. The number of hydrazone groups is 1. The van der Waals surface area contributed by atoms with Crippen molar-refractivity contribution in [3.05, 3.63) is 59.7 Å². The summed E-state index contributed by atoms with van der Waals surface area (Å²) in [6, 6.07) is 11.6. The molecular formula is C16H12F3N5O. The molecule has 1 heterocycles. The normalized spacial score (nSPS) is 12.0.